The van der Waals surface area contributed by atoms with E-state index in [0.29, 0.717) is 6.61 Å². The highest BCUT2D eigenvalue weighted by Gasteiger charge is 2.14. The minimum absolute atomic E-state index is 0.0907. The van der Waals surface area contributed by atoms with Crippen LogP contribution in [0, 0.1) is 5.82 Å². The zero-order chi connectivity index (χ0) is 12.8. The monoisotopic (exact) mass is 279 g/mol. The van der Waals surface area contributed by atoms with Crippen LogP contribution in [-0.2, 0) is 4.74 Å². The number of nitrogens with one attached hydrogen (secondary N) is 1. The van der Waals surface area contributed by atoms with E-state index >= 15 is 0 Å². The number of amides is 1. The molecule has 0 aromatic heterocycles. The van der Waals surface area contributed by atoms with Crippen molar-refractivity contribution in [2.45, 2.75) is 5.38 Å². The lowest BCUT2D eigenvalue weighted by Crippen LogP contribution is -2.31. The predicted octanol–water partition coefficient (Wildman–Crippen LogP) is 2.46. The molecule has 1 amide bonds. The molecule has 94 valence electrons. The van der Waals surface area contributed by atoms with Crippen LogP contribution >= 0.6 is 23.2 Å². The summed E-state index contributed by atoms with van der Waals surface area (Å²) in [5, 5.41) is 2.02. The fraction of sp³-hybridized carbons (Fsp3) is 0.364. The second-order valence-corrected chi connectivity index (χ2v) is 4.36. The zero-order valence-corrected chi connectivity index (χ0v) is 10.7. The van der Waals surface area contributed by atoms with Crippen LogP contribution in [0.2, 0.25) is 5.02 Å². The van der Waals surface area contributed by atoms with Gasteiger partial charge in [-0.1, -0.05) is 17.7 Å². The highest BCUT2D eigenvalue weighted by Crippen LogP contribution is 2.19. The molecule has 1 N–H and O–H groups in total. The average molecular weight is 280 g/mol. The molecule has 17 heavy (non-hydrogen) atoms. The first-order valence-electron chi connectivity index (χ1n) is 4.91. The maximum absolute atomic E-state index is 13.1. The largest absolute Gasteiger partial charge is 0.383 e. The lowest BCUT2D eigenvalue weighted by molar-refractivity contribution is 0.0949. The molecule has 0 spiro atoms. The van der Waals surface area contributed by atoms with Gasteiger partial charge in [0.1, 0.15) is 5.82 Å². The molecule has 0 bridgehead atoms. The topological polar surface area (TPSA) is 38.3 Å². The summed E-state index contributed by atoms with van der Waals surface area (Å²) in [4.78, 5) is 11.7. The Bertz CT molecular complexity index is 401. The van der Waals surface area contributed by atoms with Crippen LogP contribution < -0.4 is 5.32 Å². The summed E-state index contributed by atoms with van der Waals surface area (Å²) >= 11 is 11.5. The minimum Gasteiger partial charge on any atom is -0.383 e. The quantitative estimate of drug-likeness (QED) is 0.841. The Morgan fingerprint density at radius 1 is 1.59 bits per heavy atom. The van der Waals surface area contributed by atoms with Gasteiger partial charge in [0.15, 0.2) is 0 Å². The van der Waals surface area contributed by atoms with Crippen molar-refractivity contribution in [2.24, 2.45) is 0 Å². The van der Waals surface area contributed by atoms with Gasteiger partial charge >= 0.3 is 0 Å². The molecule has 1 rings (SSSR count). The van der Waals surface area contributed by atoms with Gasteiger partial charge in [0.2, 0.25) is 0 Å². The first-order chi connectivity index (χ1) is 8.06. The number of halogens is 3. The van der Waals surface area contributed by atoms with E-state index in [1.54, 1.807) is 0 Å². The standard InChI is InChI=1S/C11H12Cl2FNO2/c1-17-6-7(12)5-15-11(16)8-3-2-4-9(14)10(8)13/h2-4,7H,5-6H2,1H3,(H,15,16). The third-order valence-electron chi connectivity index (χ3n) is 2.03. The normalized spacial score (nSPS) is 12.2. The predicted molar refractivity (Wildman–Crippen MR) is 65.3 cm³/mol. The molecule has 1 aromatic rings. The van der Waals surface area contributed by atoms with Crippen molar-refractivity contribution in [1.29, 1.82) is 0 Å². The van der Waals surface area contributed by atoms with E-state index in [4.69, 9.17) is 27.9 Å². The van der Waals surface area contributed by atoms with E-state index in [-0.39, 0.29) is 22.5 Å². The highest BCUT2D eigenvalue weighted by atomic mass is 35.5. The van der Waals surface area contributed by atoms with Gasteiger partial charge < -0.3 is 10.1 Å². The van der Waals surface area contributed by atoms with Crippen LogP contribution in [0.5, 0.6) is 0 Å². The van der Waals surface area contributed by atoms with Crippen molar-refractivity contribution in [3.05, 3.63) is 34.6 Å². The summed E-state index contributed by atoms with van der Waals surface area (Å²) in [7, 11) is 1.51. The summed E-state index contributed by atoms with van der Waals surface area (Å²) < 4.78 is 17.9. The Balaban J connectivity index is 2.61. The average Bonchev–Trinajstić information content (AvgIpc) is 2.30. The molecule has 0 saturated carbocycles. The van der Waals surface area contributed by atoms with Gasteiger partial charge in [-0.15, -0.1) is 11.6 Å². The molecule has 0 fully saturated rings. The van der Waals surface area contributed by atoms with E-state index in [1.165, 1.54) is 25.3 Å². The van der Waals surface area contributed by atoms with E-state index in [9.17, 15) is 9.18 Å². The second-order valence-electron chi connectivity index (χ2n) is 3.36. The third-order valence-corrected chi connectivity index (χ3v) is 2.69. The first kappa shape index (κ1) is 14.2. The Labute approximate surface area is 109 Å². The molecule has 0 aliphatic rings. The van der Waals surface area contributed by atoms with Crippen LogP contribution in [0.1, 0.15) is 10.4 Å². The lowest BCUT2D eigenvalue weighted by Gasteiger charge is -2.10. The summed E-state index contributed by atoms with van der Waals surface area (Å²) in [6.45, 7) is 0.541. The van der Waals surface area contributed by atoms with Gasteiger partial charge in [-0.2, -0.15) is 0 Å². The van der Waals surface area contributed by atoms with Crippen molar-refractivity contribution in [1.82, 2.24) is 5.32 Å². The molecule has 0 heterocycles. The Hall–Kier alpha value is -0.840. The summed E-state index contributed by atoms with van der Waals surface area (Å²) in [5.74, 6) is -1.09. The number of rotatable bonds is 5. The van der Waals surface area contributed by atoms with E-state index in [0.717, 1.165) is 0 Å². The number of alkyl halides is 1. The zero-order valence-electron chi connectivity index (χ0n) is 9.17. The van der Waals surface area contributed by atoms with Crippen molar-refractivity contribution < 1.29 is 13.9 Å². The van der Waals surface area contributed by atoms with Gasteiger partial charge in [-0.3, -0.25) is 4.79 Å². The van der Waals surface area contributed by atoms with Crippen LogP contribution in [0.4, 0.5) is 4.39 Å². The number of carbonyl (C=O) groups is 1. The van der Waals surface area contributed by atoms with Crippen molar-refractivity contribution >= 4 is 29.1 Å². The number of ether oxygens (including phenoxy) is 1. The molecular formula is C11H12Cl2FNO2. The smallest absolute Gasteiger partial charge is 0.252 e. The van der Waals surface area contributed by atoms with Crippen molar-refractivity contribution in [3.8, 4) is 0 Å². The third kappa shape index (κ3) is 4.15. The first-order valence-corrected chi connectivity index (χ1v) is 5.73. The highest BCUT2D eigenvalue weighted by molar-refractivity contribution is 6.34. The molecule has 3 nitrogen and oxygen atoms in total. The summed E-state index contributed by atoms with van der Waals surface area (Å²) in [5.41, 5.74) is 0.0907. The van der Waals surface area contributed by atoms with E-state index < -0.39 is 11.7 Å². The second kappa shape index (κ2) is 6.79. The summed E-state index contributed by atoms with van der Waals surface area (Å²) in [6.07, 6.45) is 0. The van der Waals surface area contributed by atoms with Crippen LogP contribution in [0.15, 0.2) is 18.2 Å². The maximum Gasteiger partial charge on any atom is 0.252 e. The van der Waals surface area contributed by atoms with Crippen molar-refractivity contribution in [2.75, 3.05) is 20.3 Å². The molecular weight excluding hydrogens is 268 g/mol. The molecule has 0 aliphatic carbocycles. The summed E-state index contributed by atoms with van der Waals surface area (Å²) in [6, 6.07) is 4.05. The Morgan fingerprint density at radius 2 is 2.29 bits per heavy atom. The Kier molecular flexibility index (Phi) is 5.68. The molecule has 1 atom stereocenters. The SMILES string of the molecule is COCC(Cl)CNC(=O)c1cccc(F)c1Cl. The Morgan fingerprint density at radius 3 is 2.94 bits per heavy atom. The van der Waals surface area contributed by atoms with E-state index in [2.05, 4.69) is 5.32 Å². The van der Waals surface area contributed by atoms with Crippen LogP contribution in [-0.4, -0.2) is 31.5 Å². The molecule has 0 radical (unpaired) electrons. The number of methoxy groups -OCH3 is 1. The van der Waals surface area contributed by atoms with E-state index in [1.807, 2.05) is 0 Å². The number of benzene rings is 1. The molecule has 0 saturated heterocycles. The van der Waals surface area contributed by atoms with Gasteiger partial charge in [0, 0.05) is 13.7 Å². The lowest BCUT2D eigenvalue weighted by atomic mass is 10.2. The molecule has 1 aromatic carbocycles. The molecule has 0 aliphatic heterocycles. The van der Waals surface area contributed by atoms with Gasteiger partial charge in [0.05, 0.1) is 22.6 Å². The molecule has 1 unspecified atom stereocenters. The fourth-order valence-electron chi connectivity index (χ4n) is 1.22. The fourth-order valence-corrected chi connectivity index (χ4v) is 1.63. The maximum atomic E-state index is 13.1. The van der Waals surface area contributed by atoms with Crippen LogP contribution in [0.25, 0.3) is 0 Å². The molecule has 6 heteroatoms. The van der Waals surface area contributed by atoms with Crippen LogP contribution in [0.3, 0.4) is 0 Å². The number of hydrogen-bond donors (Lipinski definition) is 1. The van der Waals surface area contributed by atoms with Gasteiger partial charge in [-0.05, 0) is 12.1 Å². The van der Waals surface area contributed by atoms with Gasteiger partial charge in [0.25, 0.3) is 5.91 Å². The van der Waals surface area contributed by atoms with Crippen molar-refractivity contribution in [3.63, 3.8) is 0 Å². The number of hydrogen-bond acceptors (Lipinski definition) is 2. The minimum atomic E-state index is -0.626. The van der Waals surface area contributed by atoms with Gasteiger partial charge in [-0.25, -0.2) is 4.39 Å². The number of carbonyl (C=O) groups excluding carboxylic acids is 1.